The third-order valence-electron chi connectivity index (χ3n) is 6.76. The van der Waals surface area contributed by atoms with E-state index in [9.17, 15) is 18.1 Å². The van der Waals surface area contributed by atoms with Gasteiger partial charge >= 0.3 is 29.6 Å². The van der Waals surface area contributed by atoms with Gasteiger partial charge in [-0.25, -0.2) is 8.42 Å². The van der Waals surface area contributed by atoms with E-state index in [1.807, 2.05) is 85.1 Å². The Morgan fingerprint density at radius 2 is 1.64 bits per heavy atom. The fourth-order valence-corrected chi connectivity index (χ4v) is 5.70. The molecule has 1 aliphatic rings. The number of hydrogen-bond acceptors (Lipinski definition) is 6. The molecule has 1 aliphatic carbocycles. The van der Waals surface area contributed by atoms with E-state index in [1.54, 1.807) is 6.20 Å². The van der Waals surface area contributed by atoms with Gasteiger partial charge in [0.25, 0.3) is 0 Å². The number of fused-ring (bicyclic) bond motifs is 1. The summed E-state index contributed by atoms with van der Waals surface area (Å²) in [5.41, 5.74) is 2.64. The molecule has 0 aliphatic heterocycles. The number of aliphatic hydroxyl groups is 1. The van der Waals surface area contributed by atoms with Gasteiger partial charge in [0.15, 0.2) is 0 Å². The molecule has 2 N–H and O–H groups in total. The van der Waals surface area contributed by atoms with Gasteiger partial charge in [0.05, 0.1) is 18.8 Å². The Hall–Kier alpha value is -2.01. The second-order valence-corrected chi connectivity index (χ2v) is 9.89. The van der Waals surface area contributed by atoms with Crippen LogP contribution < -0.4 is 29.6 Å². The van der Waals surface area contributed by atoms with Crippen molar-refractivity contribution in [2.45, 2.75) is 43.2 Å². The van der Waals surface area contributed by atoms with Gasteiger partial charge in [-0.2, -0.15) is 0 Å². The molecule has 4 aromatic rings. The summed E-state index contributed by atoms with van der Waals surface area (Å²) in [6, 6.07) is 25.0. The first kappa shape index (κ1) is 27.0. The second-order valence-electron chi connectivity index (χ2n) is 8.88. The van der Waals surface area contributed by atoms with Crippen LogP contribution in [0, 0.1) is 0 Å². The van der Waals surface area contributed by atoms with E-state index in [2.05, 4.69) is 4.98 Å². The van der Waals surface area contributed by atoms with Gasteiger partial charge in [-0.15, -0.1) is 0 Å². The number of benzene rings is 3. The molecule has 9 heteroatoms. The van der Waals surface area contributed by atoms with Crippen molar-refractivity contribution < 1.29 is 56.6 Å². The van der Waals surface area contributed by atoms with Crippen LogP contribution in [-0.2, 0) is 25.9 Å². The first-order valence-corrected chi connectivity index (χ1v) is 12.8. The number of hydrogen-bond donors (Lipinski definition) is 2. The monoisotopic (exact) mass is 515 g/mol. The summed E-state index contributed by atoms with van der Waals surface area (Å²) >= 11 is 0. The van der Waals surface area contributed by atoms with Crippen LogP contribution >= 0.6 is 0 Å². The van der Waals surface area contributed by atoms with Gasteiger partial charge in [0.1, 0.15) is 6.10 Å². The zero-order valence-corrected chi connectivity index (χ0v) is 22.7. The summed E-state index contributed by atoms with van der Waals surface area (Å²) in [5.74, 6) is -0.812. The largest absolute Gasteiger partial charge is 1.00 e. The van der Waals surface area contributed by atoms with Gasteiger partial charge < -0.3 is 19.4 Å². The Kier molecular flexibility index (Phi) is 8.70. The molecule has 0 radical (unpaired) electrons. The summed E-state index contributed by atoms with van der Waals surface area (Å²) in [7, 11) is -5.11. The van der Waals surface area contributed by atoms with Crippen molar-refractivity contribution in [2.24, 2.45) is 0 Å². The topological polar surface area (TPSA) is 112 Å². The predicted octanol–water partition coefficient (Wildman–Crippen LogP) is 1.23. The third-order valence-corrected chi connectivity index (χ3v) is 7.22. The Morgan fingerprint density at radius 3 is 2.36 bits per heavy atom. The molecule has 0 amide bonds. The summed E-state index contributed by atoms with van der Waals surface area (Å²) in [6.45, 7) is 0.177. The van der Waals surface area contributed by atoms with E-state index >= 15 is 0 Å². The van der Waals surface area contributed by atoms with Crippen LogP contribution in [0.4, 0.5) is 0 Å². The molecule has 1 aromatic heterocycles. The maximum atomic E-state index is 11.8. The van der Waals surface area contributed by atoms with Crippen LogP contribution in [0.2, 0.25) is 0 Å². The normalized spacial score (nSPS) is 24.3. The van der Waals surface area contributed by atoms with Crippen molar-refractivity contribution in [2.75, 3.05) is 0 Å². The molecule has 36 heavy (non-hydrogen) atoms. The summed E-state index contributed by atoms with van der Waals surface area (Å²) in [5, 5.41) is 13.4. The smallest absolute Gasteiger partial charge is 0.726 e. The number of ether oxygens (including phenoxy) is 1. The number of rotatable bonds is 7. The van der Waals surface area contributed by atoms with E-state index in [0.29, 0.717) is 6.42 Å². The van der Waals surface area contributed by atoms with Crippen LogP contribution in [0.25, 0.3) is 10.8 Å². The summed E-state index contributed by atoms with van der Waals surface area (Å²) in [6.07, 6.45) is 0.562. The van der Waals surface area contributed by atoms with E-state index < -0.39 is 34.6 Å². The molecule has 7 nitrogen and oxygen atoms in total. The van der Waals surface area contributed by atoms with E-state index in [-0.39, 0.29) is 42.1 Å². The van der Waals surface area contributed by atoms with Crippen molar-refractivity contribution in [3.05, 3.63) is 108 Å². The molecule has 1 saturated carbocycles. The SMILES string of the molecule is O=S(=O)([O-])O[C@@H]1[C@H](O)[C@H](c2cccc3ccccc23)C[C@H](c2cc[nH]c2)[C@H]1OCc1ccccc1.[Na+]. The Bertz CT molecular complexity index is 1370. The minimum atomic E-state index is -5.11. The second kappa shape index (κ2) is 11.6. The standard InChI is InChI=1S/C27H27NO6S.Na/c29-25-24(22-12-6-10-19-9-4-5-11-21(19)22)15-23(20-13-14-28-16-20)26(27(25)34-35(30,31)32)33-17-18-7-2-1-3-8-18;/h1-14,16,23-29H,15,17H2,(H,30,31,32);/q;+1/p-1/t23-,24+,25-,26-,27-;/m1./s1. The van der Waals surface area contributed by atoms with E-state index in [0.717, 1.165) is 27.5 Å². The van der Waals surface area contributed by atoms with Gasteiger partial charge in [-0.05, 0) is 39.9 Å². The van der Waals surface area contributed by atoms with Crippen LogP contribution in [0.15, 0.2) is 91.3 Å². The van der Waals surface area contributed by atoms with Gasteiger partial charge in [0.2, 0.25) is 10.4 Å². The van der Waals surface area contributed by atoms with Crippen molar-refractivity contribution >= 4 is 21.2 Å². The summed E-state index contributed by atoms with van der Waals surface area (Å²) < 4.78 is 46.5. The van der Waals surface area contributed by atoms with Gasteiger partial charge in [0, 0.05) is 24.2 Å². The first-order valence-electron chi connectivity index (χ1n) is 11.5. The van der Waals surface area contributed by atoms with Crippen molar-refractivity contribution in [1.29, 1.82) is 0 Å². The maximum Gasteiger partial charge on any atom is 1.00 e. The third kappa shape index (κ3) is 5.93. The Balaban J connectivity index is 0.00000304. The molecule has 5 rings (SSSR count). The molecule has 182 valence electrons. The molecule has 0 saturated heterocycles. The molecule has 0 spiro atoms. The zero-order chi connectivity index (χ0) is 24.4. The van der Waals surface area contributed by atoms with Crippen LogP contribution in [-0.4, -0.2) is 41.4 Å². The molecule has 0 bridgehead atoms. The van der Waals surface area contributed by atoms with Crippen LogP contribution in [0.1, 0.15) is 34.9 Å². The van der Waals surface area contributed by atoms with E-state index in [4.69, 9.17) is 8.92 Å². The number of aromatic nitrogens is 1. The molecular formula is C27H26NNaO6S. The van der Waals surface area contributed by atoms with Crippen LogP contribution in [0.5, 0.6) is 0 Å². The number of H-pyrrole nitrogens is 1. The van der Waals surface area contributed by atoms with E-state index in [1.165, 1.54) is 0 Å². The number of nitrogens with one attached hydrogen (secondary N) is 1. The Labute approximate surface area is 232 Å². The number of aliphatic hydroxyl groups excluding tert-OH is 1. The van der Waals surface area contributed by atoms with Crippen molar-refractivity contribution in [1.82, 2.24) is 4.98 Å². The minimum Gasteiger partial charge on any atom is -0.726 e. The zero-order valence-electron chi connectivity index (χ0n) is 19.9. The average Bonchev–Trinajstić information content (AvgIpc) is 3.39. The molecule has 3 aromatic carbocycles. The molecule has 0 unspecified atom stereocenters. The predicted molar refractivity (Wildman–Crippen MR) is 130 cm³/mol. The molecule has 5 atom stereocenters. The van der Waals surface area contributed by atoms with Crippen LogP contribution in [0.3, 0.4) is 0 Å². The Morgan fingerprint density at radius 1 is 0.917 bits per heavy atom. The minimum absolute atomic E-state index is 0. The fourth-order valence-electron chi connectivity index (χ4n) is 5.20. The van der Waals surface area contributed by atoms with Gasteiger partial charge in [-0.1, -0.05) is 72.8 Å². The quantitative estimate of drug-likeness (QED) is 0.218. The van der Waals surface area contributed by atoms with Gasteiger partial charge in [-0.3, -0.25) is 4.18 Å². The maximum absolute atomic E-state index is 11.8. The molecule has 1 heterocycles. The van der Waals surface area contributed by atoms with Crippen molar-refractivity contribution in [3.63, 3.8) is 0 Å². The van der Waals surface area contributed by atoms with Crippen molar-refractivity contribution in [3.8, 4) is 0 Å². The average molecular weight is 516 g/mol. The fraction of sp³-hybridized carbons (Fsp3) is 0.259. The first-order chi connectivity index (χ1) is 16.9. The molecule has 1 fully saturated rings. The molecular weight excluding hydrogens is 489 g/mol. The summed E-state index contributed by atoms with van der Waals surface area (Å²) in [4.78, 5) is 3.04. The number of aromatic amines is 1.